The third-order valence-electron chi connectivity index (χ3n) is 2.23. The van der Waals surface area contributed by atoms with Crippen LogP contribution in [0, 0.1) is 0 Å². The smallest absolute Gasteiger partial charge is 0.227 e. The SMILES string of the molecule is CNC(=O)[C@H](C)c1cccc(SC)c1. The molecule has 0 bridgehead atoms. The quantitative estimate of drug-likeness (QED) is 0.774. The second-order valence-electron chi connectivity index (χ2n) is 3.11. The molecule has 0 aliphatic heterocycles. The van der Waals surface area contributed by atoms with E-state index < -0.39 is 0 Å². The molecule has 0 saturated carbocycles. The van der Waals surface area contributed by atoms with Crippen LogP contribution in [0.4, 0.5) is 0 Å². The lowest BCUT2D eigenvalue weighted by atomic mass is 10.0. The molecule has 0 aromatic heterocycles. The van der Waals surface area contributed by atoms with Gasteiger partial charge in [-0.3, -0.25) is 4.79 Å². The monoisotopic (exact) mass is 209 g/mol. The summed E-state index contributed by atoms with van der Waals surface area (Å²) in [5, 5.41) is 2.65. The van der Waals surface area contributed by atoms with Crippen molar-refractivity contribution in [2.75, 3.05) is 13.3 Å². The number of rotatable bonds is 3. The fourth-order valence-electron chi connectivity index (χ4n) is 1.28. The normalized spacial score (nSPS) is 12.2. The van der Waals surface area contributed by atoms with E-state index in [2.05, 4.69) is 11.4 Å². The van der Waals surface area contributed by atoms with E-state index in [9.17, 15) is 4.79 Å². The Labute approximate surface area is 89.1 Å². The summed E-state index contributed by atoms with van der Waals surface area (Å²) in [7, 11) is 1.66. The molecule has 1 aromatic carbocycles. The Bertz CT molecular complexity index is 325. The zero-order chi connectivity index (χ0) is 10.6. The zero-order valence-electron chi connectivity index (χ0n) is 8.70. The van der Waals surface area contributed by atoms with Gasteiger partial charge in [0.15, 0.2) is 0 Å². The molecule has 0 fully saturated rings. The van der Waals surface area contributed by atoms with Crippen LogP contribution in [-0.4, -0.2) is 19.2 Å². The predicted molar refractivity (Wildman–Crippen MR) is 60.7 cm³/mol. The van der Waals surface area contributed by atoms with Crippen LogP contribution < -0.4 is 5.32 Å². The number of hydrogen-bond acceptors (Lipinski definition) is 2. The maximum absolute atomic E-state index is 11.4. The van der Waals surface area contributed by atoms with Crippen molar-refractivity contribution in [3.8, 4) is 0 Å². The molecule has 1 rings (SSSR count). The Kier molecular flexibility index (Phi) is 4.01. The van der Waals surface area contributed by atoms with Crippen molar-refractivity contribution in [3.05, 3.63) is 29.8 Å². The number of amides is 1. The van der Waals surface area contributed by atoms with Gasteiger partial charge in [0.25, 0.3) is 0 Å². The molecule has 0 spiro atoms. The van der Waals surface area contributed by atoms with E-state index in [-0.39, 0.29) is 11.8 Å². The molecule has 0 heterocycles. The highest BCUT2D eigenvalue weighted by Gasteiger charge is 2.13. The second kappa shape index (κ2) is 5.05. The Morgan fingerprint density at radius 1 is 1.50 bits per heavy atom. The number of hydrogen-bond donors (Lipinski definition) is 1. The first kappa shape index (κ1) is 11.1. The van der Waals surface area contributed by atoms with Gasteiger partial charge in [0, 0.05) is 11.9 Å². The summed E-state index contributed by atoms with van der Waals surface area (Å²) in [4.78, 5) is 12.6. The van der Waals surface area contributed by atoms with Crippen LogP contribution in [0.2, 0.25) is 0 Å². The van der Waals surface area contributed by atoms with Crippen LogP contribution in [0.3, 0.4) is 0 Å². The summed E-state index contributed by atoms with van der Waals surface area (Å²) in [6, 6.07) is 8.08. The van der Waals surface area contributed by atoms with Gasteiger partial charge in [-0.1, -0.05) is 12.1 Å². The minimum atomic E-state index is -0.0768. The molecule has 0 unspecified atom stereocenters. The van der Waals surface area contributed by atoms with Gasteiger partial charge in [-0.15, -0.1) is 11.8 Å². The Morgan fingerprint density at radius 3 is 2.79 bits per heavy atom. The highest BCUT2D eigenvalue weighted by Crippen LogP contribution is 2.21. The first-order valence-electron chi connectivity index (χ1n) is 4.54. The van der Waals surface area contributed by atoms with Crippen LogP contribution in [0.1, 0.15) is 18.4 Å². The van der Waals surface area contributed by atoms with Crippen molar-refractivity contribution < 1.29 is 4.79 Å². The van der Waals surface area contributed by atoms with Crippen molar-refractivity contribution in [1.82, 2.24) is 5.32 Å². The second-order valence-corrected chi connectivity index (χ2v) is 3.99. The summed E-state index contributed by atoms with van der Waals surface area (Å²) < 4.78 is 0. The molecule has 0 aliphatic carbocycles. The molecule has 0 saturated heterocycles. The van der Waals surface area contributed by atoms with Gasteiger partial charge in [-0.05, 0) is 30.9 Å². The summed E-state index contributed by atoms with van der Waals surface area (Å²) >= 11 is 1.69. The van der Waals surface area contributed by atoms with Crippen molar-refractivity contribution >= 4 is 17.7 Å². The van der Waals surface area contributed by atoms with E-state index in [1.165, 1.54) is 4.90 Å². The fourth-order valence-corrected chi connectivity index (χ4v) is 1.75. The number of likely N-dealkylation sites (N-methyl/N-ethyl adjacent to an activating group) is 1. The van der Waals surface area contributed by atoms with Crippen molar-refractivity contribution in [3.63, 3.8) is 0 Å². The van der Waals surface area contributed by atoms with E-state index in [0.717, 1.165) is 5.56 Å². The highest BCUT2D eigenvalue weighted by molar-refractivity contribution is 7.98. The number of benzene rings is 1. The van der Waals surface area contributed by atoms with Crippen LogP contribution in [0.15, 0.2) is 29.2 Å². The van der Waals surface area contributed by atoms with Crippen LogP contribution in [0.25, 0.3) is 0 Å². The van der Waals surface area contributed by atoms with Crippen molar-refractivity contribution in [2.45, 2.75) is 17.7 Å². The molecular formula is C11H15NOS. The lowest BCUT2D eigenvalue weighted by molar-refractivity contribution is -0.121. The molecule has 3 heteroatoms. The molecule has 1 aromatic rings. The third kappa shape index (κ3) is 2.51. The lowest BCUT2D eigenvalue weighted by Gasteiger charge is -2.10. The molecular weight excluding hydrogens is 194 g/mol. The molecule has 76 valence electrons. The number of thioether (sulfide) groups is 1. The number of nitrogens with one attached hydrogen (secondary N) is 1. The van der Waals surface area contributed by atoms with Crippen molar-refractivity contribution in [1.29, 1.82) is 0 Å². The van der Waals surface area contributed by atoms with Crippen LogP contribution in [0.5, 0.6) is 0 Å². The van der Waals surface area contributed by atoms with Gasteiger partial charge in [0.2, 0.25) is 5.91 Å². The topological polar surface area (TPSA) is 29.1 Å². The molecule has 1 amide bonds. The minimum absolute atomic E-state index is 0.0586. The molecule has 1 N–H and O–H groups in total. The summed E-state index contributed by atoms with van der Waals surface area (Å²) in [5.41, 5.74) is 1.07. The first-order valence-corrected chi connectivity index (χ1v) is 5.77. The predicted octanol–water partition coefficient (Wildman–Crippen LogP) is 2.26. The minimum Gasteiger partial charge on any atom is -0.359 e. The van der Waals surface area contributed by atoms with Gasteiger partial charge in [0.05, 0.1) is 5.92 Å². The fraction of sp³-hybridized carbons (Fsp3) is 0.364. The zero-order valence-corrected chi connectivity index (χ0v) is 9.52. The van der Waals surface area contributed by atoms with Crippen LogP contribution in [-0.2, 0) is 4.79 Å². The van der Waals surface area contributed by atoms with Crippen molar-refractivity contribution in [2.24, 2.45) is 0 Å². The number of carbonyl (C=O) groups excluding carboxylic acids is 1. The van der Waals surface area contributed by atoms with E-state index in [1.54, 1.807) is 18.8 Å². The Morgan fingerprint density at radius 2 is 2.21 bits per heavy atom. The van der Waals surface area contributed by atoms with Gasteiger partial charge in [-0.2, -0.15) is 0 Å². The summed E-state index contributed by atoms with van der Waals surface area (Å²) in [5.74, 6) is -0.0182. The summed E-state index contributed by atoms with van der Waals surface area (Å²) in [6.07, 6.45) is 2.03. The van der Waals surface area contributed by atoms with E-state index in [4.69, 9.17) is 0 Å². The molecule has 2 nitrogen and oxygen atoms in total. The van der Waals surface area contributed by atoms with E-state index in [0.29, 0.717) is 0 Å². The average molecular weight is 209 g/mol. The first-order chi connectivity index (χ1) is 6.69. The van der Waals surface area contributed by atoms with E-state index in [1.807, 2.05) is 31.4 Å². The maximum Gasteiger partial charge on any atom is 0.227 e. The molecule has 0 aliphatic rings. The Balaban J connectivity index is 2.89. The maximum atomic E-state index is 11.4. The van der Waals surface area contributed by atoms with Gasteiger partial charge < -0.3 is 5.32 Å². The standard InChI is InChI=1S/C11H15NOS/c1-8(11(13)12-2)9-5-4-6-10(7-9)14-3/h4-8H,1-3H3,(H,12,13)/t8-/m1/s1. The van der Waals surface area contributed by atoms with Gasteiger partial charge in [-0.25, -0.2) is 0 Å². The largest absolute Gasteiger partial charge is 0.359 e. The van der Waals surface area contributed by atoms with E-state index >= 15 is 0 Å². The van der Waals surface area contributed by atoms with Gasteiger partial charge >= 0.3 is 0 Å². The summed E-state index contributed by atoms with van der Waals surface area (Å²) in [6.45, 7) is 1.91. The third-order valence-corrected chi connectivity index (χ3v) is 2.96. The van der Waals surface area contributed by atoms with Gasteiger partial charge in [0.1, 0.15) is 0 Å². The molecule has 1 atom stereocenters. The Hall–Kier alpha value is -0.960. The average Bonchev–Trinajstić information content (AvgIpc) is 2.27. The lowest BCUT2D eigenvalue weighted by Crippen LogP contribution is -2.23. The highest BCUT2D eigenvalue weighted by atomic mass is 32.2. The molecule has 14 heavy (non-hydrogen) atoms. The molecule has 0 radical (unpaired) electrons. The van der Waals surface area contributed by atoms with Crippen LogP contribution >= 0.6 is 11.8 Å². The number of carbonyl (C=O) groups is 1.